The number of alkyl halides is 1. The molecule has 0 aliphatic carbocycles. The number of hydrogen-bond donors (Lipinski definition) is 0. The third-order valence-electron chi connectivity index (χ3n) is 3.20. The molecule has 1 saturated heterocycles. The highest BCUT2D eigenvalue weighted by atomic mass is 127. The second kappa shape index (κ2) is 7.36. The van der Waals surface area contributed by atoms with Gasteiger partial charge < -0.3 is 14.4 Å². The standard InChI is InChI=1S/C16H21ClINO3/c1-16(2,3)22-15(20)19-8-13(18)14(9-19)21-10-11-5-4-6-12(17)7-11/h4-7,13-14H,8-10H2,1-3H3. The lowest BCUT2D eigenvalue weighted by atomic mass is 10.2. The van der Waals surface area contributed by atoms with Crippen molar-refractivity contribution in [1.29, 1.82) is 0 Å². The molecule has 22 heavy (non-hydrogen) atoms. The zero-order chi connectivity index (χ0) is 16.3. The summed E-state index contributed by atoms with van der Waals surface area (Å²) < 4.78 is 11.6. The van der Waals surface area contributed by atoms with E-state index < -0.39 is 5.60 Å². The summed E-state index contributed by atoms with van der Waals surface area (Å²) in [5, 5.41) is 0.703. The molecule has 6 heteroatoms. The van der Waals surface area contributed by atoms with Crippen molar-refractivity contribution in [3.05, 3.63) is 34.9 Å². The van der Waals surface area contributed by atoms with E-state index in [1.54, 1.807) is 4.90 Å². The van der Waals surface area contributed by atoms with E-state index in [4.69, 9.17) is 21.1 Å². The van der Waals surface area contributed by atoms with Gasteiger partial charge in [-0.2, -0.15) is 0 Å². The Bertz CT molecular complexity index is 532. The average molecular weight is 438 g/mol. The van der Waals surface area contributed by atoms with E-state index in [0.717, 1.165) is 5.56 Å². The van der Waals surface area contributed by atoms with E-state index in [1.165, 1.54) is 0 Å². The van der Waals surface area contributed by atoms with Crippen LogP contribution in [0, 0.1) is 0 Å². The third kappa shape index (κ3) is 5.28. The fourth-order valence-electron chi connectivity index (χ4n) is 2.20. The predicted molar refractivity (Wildman–Crippen MR) is 95.6 cm³/mol. The van der Waals surface area contributed by atoms with Crippen LogP contribution in [0.15, 0.2) is 24.3 Å². The molecular formula is C16H21ClINO3. The minimum absolute atomic E-state index is 0.00657. The van der Waals surface area contributed by atoms with Gasteiger partial charge in [-0.3, -0.25) is 0 Å². The van der Waals surface area contributed by atoms with Crippen LogP contribution in [-0.4, -0.2) is 39.7 Å². The van der Waals surface area contributed by atoms with Gasteiger partial charge in [-0.1, -0.05) is 46.3 Å². The molecule has 0 spiro atoms. The van der Waals surface area contributed by atoms with Crippen LogP contribution in [0.3, 0.4) is 0 Å². The van der Waals surface area contributed by atoms with Crippen molar-refractivity contribution in [1.82, 2.24) is 4.90 Å². The number of likely N-dealkylation sites (tertiary alicyclic amines) is 1. The Hall–Kier alpha value is -0.530. The first-order valence-electron chi connectivity index (χ1n) is 7.22. The Morgan fingerprint density at radius 1 is 1.41 bits per heavy atom. The summed E-state index contributed by atoms with van der Waals surface area (Å²) in [7, 11) is 0. The van der Waals surface area contributed by atoms with E-state index in [-0.39, 0.29) is 16.1 Å². The molecule has 0 N–H and O–H groups in total. The molecule has 1 fully saturated rings. The first-order chi connectivity index (χ1) is 10.2. The molecule has 2 unspecified atom stereocenters. The Kier molecular flexibility index (Phi) is 5.96. The van der Waals surface area contributed by atoms with Crippen LogP contribution in [0.1, 0.15) is 26.3 Å². The van der Waals surface area contributed by atoms with Crippen molar-refractivity contribution in [2.75, 3.05) is 13.1 Å². The lowest BCUT2D eigenvalue weighted by Gasteiger charge is -2.24. The van der Waals surface area contributed by atoms with Crippen molar-refractivity contribution in [3.63, 3.8) is 0 Å². The number of carbonyl (C=O) groups is 1. The highest BCUT2D eigenvalue weighted by molar-refractivity contribution is 14.1. The van der Waals surface area contributed by atoms with Gasteiger partial charge >= 0.3 is 6.09 Å². The van der Waals surface area contributed by atoms with E-state index in [9.17, 15) is 4.79 Å². The number of ether oxygens (including phenoxy) is 2. The number of amides is 1. The highest BCUT2D eigenvalue weighted by Crippen LogP contribution is 2.24. The fraction of sp³-hybridized carbons (Fsp3) is 0.562. The molecule has 1 aromatic rings. The van der Waals surface area contributed by atoms with Gasteiger partial charge in [0.1, 0.15) is 5.60 Å². The molecule has 1 aliphatic heterocycles. The first kappa shape index (κ1) is 17.8. The van der Waals surface area contributed by atoms with Crippen LogP contribution in [0.4, 0.5) is 4.79 Å². The van der Waals surface area contributed by atoms with Gasteiger partial charge in [-0.25, -0.2) is 4.79 Å². The van der Waals surface area contributed by atoms with Crippen molar-refractivity contribution >= 4 is 40.3 Å². The Morgan fingerprint density at radius 3 is 2.77 bits per heavy atom. The van der Waals surface area contributed by atoms with E-state index >= 15 is 0 Å². The molecule has 0 bridgehead atoms. The number of nitrogens with zero attached hydrogens (tertiary/aromatic N) is 1. The summed E-state index contributed by atoms with van der Waals surface area (Å²) in [6.07, 6.45) is -0.268. The largest absolute Gasteiger partial charge is 0.444 e. The van der Waals surface area contributed by atoms with Crippen molar-refractivity contribution in [3.8, 4) is 0 Å². The highest BCUT2D eigenvalue weighted by Gasteiger charge is 2.36. The molecular weight excluding hydrogens is 417 g/mol. The summed E-state index contributed by atoms with van der Waals surface area (Å²) >= 11 is 8.30. The molecule has 4 nitrogen and oxygen atoms in total. The van der Waals surface area contributed by atoms with E-state index in [0.29, 0.717) is 24.7 Å². The lowest BCUT2D eigenvalue weighted by Crippen LogP contribution is -2.36. The van der Waals surface area contributed by atoms with Crippen LogP contribution in [0.2, 0.25) is 5.02 Å². The van der Waals surface area contributed by atoms with Gasteiger partial charge in [0.15, 0.2) is 0 Å². The molecule has 0 aromatic heterocycles. The topological polar surface area (TPSA) is 38.8 Å². The molecule has 2 rings (SSSR count). The molecule has 0 radical (unpaired) electrons. The maximum Gasteiger partial charge on any atom is 0.410 e. The smallest absolute Gasteiger partial charge is 0.410 e. The monoisotopic (exact) mass is 437 g/mol. The van der Waals surface area contributed by atoms with Crippen LogP contribution in [-0.2, 0) is 16.1 Å². The number of halogens is 2. The maximum absolute atomic E-state index is 12.1. The Morgan fingerprint density at radius 2 is 2.14 bits per heavy atom. The quantitative estimate of drug-likeness (QED) is 0.523. The van der Waals surface area contributed by atoms with E-state index in [2.05, 4.69) is 22.6 Å². The zero-order valence-corrected chi connectivity index (χ0v) is 15.9. The van der Waals surface area contributed by atoms with Crippen molar-refractivity contribution in [2.45, 2.75) is 43.0 Å². The second-order valence-corrected chi connectivity index (χ2v) is 8.42. The van der Waals surface area contributed by atoms with Gasteiger partial charge in [-0.05, 0) is 38.5 Å². The molecule has 1 heterocycles. The summed E-state index contributed by atoms with van der Waals surface area (Å²) in [5.41, 5.74) is 0.559. The summed E-state index contributed by atoms with van der Waals surface area (Å²) in [6, 6.07) is 7.62. The van der Waals surface area contributed by atoms with Crippen molar-refractivity contribution in [2.24, 2.45) is 0 Å². The van der Waals surface area contributed by atoms with Gasteiger partial charge in [0, 0.05) is 11.6 Å². The van der Waals surface area contributed by atoms with Gasteiger partial charge in [-0.15, -0.1) is 0 Å². The molecule has 1 aromatic carbocycles. The third-order valence-corrected chi connectivity index (χ3v) is 4.63. The van der Waals surface area contributed by atoms with E-state index in [1.807, 2.05) is 45.0 Å². The first-order valence-corrected chi connectivity index (χ1v) is 8.85. The van der Waals surface area contributed by atoms with Gasteiger partial charge in [0.05, 0.1) is 23.2 Å². The van der Waals surface area contributed by atoms with Crippen LogP contribution in [0.25, 0.3) is 0 Å². The fourth-order valence-corrected chi connectivity index (χ4v) is 3.32. The molecule has 2 atom stereocenters. The number of rotatable bonds is 3. The molecule has 1 amide bonds. The average Bonchev–Trinajstić information content (AvgIpc) is 2.76. The summed E-state index contributed by atoms with van der Waals surface area (Å²) in [4.78, 5) is 13.8. The van der Waals surface area contributed by atoms with Gasteiger partial charge in [0.2, 0.25) is 0 Å². The number of hydrogen-bond acceptors (Lipinski definition) is 3. The minimum atomic E-state index is -0.475. The van der Waals surface area contributed by atoms with Crippen LogP contribution >= 0.6 is 34.2 Å². The SMILES string of the molecule is CC(C)(C)OC(=O)N1CC(I)C(OCc2cccc(Cl)c2)C1. The normalized spacial score (nSPS) is 22.0. The lowest BCUT2D eigenvalue weighted by molar-refractivity contribution is 0.0190. The van der Waals surface area contributed by atoms with Crippen LogP contribution in [0.5, 0.6) is 0 Å². The van der Waals surface area contributed by atoms with Crippen LogP contribution < -0.4 is 0 Å². The molecule has 0 saturated carbocycles. The summed E-state index contributed by atoms with van der Waals surface area (Å²) in [6.45, 7) is 7.31. The zero-order valence-electron chi connectivity index (χ0n) is 13.0. The Balaban J connectivity index is 1.87. The van der Waals surface area contributed by atoms with Gasteiger partial charge in [0.25, 0.3) is 0 Å². The maximum atomic E-state index is 12.1. The molecule has 1 aliphatic rings. The number of carbonyl (C=O) groups excluding carboxylic acids is 1. The Labute approximate surface area is 150 Å². The molecule has 122 valence electrons. The number of benzene rings is 1. The summed E-state index contributed by atoms with van der Waals surface area (Å²) in [5.74, 6) is 0. The van der Waals surface area contributed by atoms with Crippen molar-refractivity contribution < 1.29 is 14.3 Å². The minimum Gasteiger partial charge on any atom is -0.444 e. The predicted octanol–water partition coefficient (Wildman–Crippen LogP) is 4.28. The second-order valence-electron chi connectivity index (χ2n) is 6.38.